The molecular formula is C6H12O4. The lowest BCUT2D eigenvalue weighted by atomic mass is 10.5. The number of carbonyl (C=O) groups excluding carboxylic acids is 1. The predicted octanol–water partition coefficient (Wildman–Crippen LogP) is 0.252. The molecule has 0 radical (unpaired) electrons. The zero-order valence-corrected chi connectivity index (χ0v) is 6.16. The molecule has 0 aliphatic rings. The van der Waals surface area contributed by atoms with E-state index in [9.17, 15) is 4.79 Å². The third-order valence-electron chi connectivity index (χ3n) is 0.895. The summed E-state index contributed by atoms with van der Waals surface area (Å²) in [5.74, 6) is -0.332. The van der Waals surface area contributed by atoms with E-state index >= 15 is 0 Å². The first kappa shape index (κ1) is 9.39. The van der Waals surface area contributed by atoms with Crippen LogP contribution >= 0.6 is 0 Å². The van der Waals surface area contributed by atoms with Crippen molar-refractivity contribution >= 4 is 5.97 Å². The van der Waals surface area contributed by atoms with Gasteiger partial charge in [0.05, 0.1) is 0 Å². The molecule has 0 rings (SSSR count). The van der Waals surface area contributed by atoms with Crippen molar-refractivity contribution in [2.45, 2.75) is 26.6 Å². The highest BCUT2D eigenvalue weighted by Crippen LogP contribution is 1.94. The molecule has 1 atom stereocenters. The summed E-state index contributed by atoms with van der Waals surface area (Å²) in [6.07, 6.45) is -0.337. The van der Waals surface area contributed by atoms with Crippen molar-refractivity contribution in [2.75, 3.05) is 6.79 Å². The fourth-order valence-corrected chi connectivity index (χ4v) is 0.407. The second kappa shape index (κ2) is 5.20. The Hall–Kier alpha value is -0.610. The van der Waals surface area contributed by atoms with Gasteiger partial charge in [0.25, 0.3) is 0 Å². The number of ether oxygens (including phenoxy) is 2. The quantitative estimate of drug-likeness (QED) is 0.458. The molecule has 0 saturated heterocycles. The van der Waals surface area contributed by atoms with Gasteiger partial charge in [0.2, 0.25) is 6.29 Å². The van der Waals surface area contributed by atoms with Crippen LogP contribution in [0.5, 0.6) is 0 Å². The molecule has 0 heterocycles. The van der Waals surface area contributed by atoms with Crippen molar-refractivity contribution in [3.8, 4) is 0 Å². The highest BCUT2D eigenvalue weighted by Gasteiger charge is 2.05. The minimum atomic E-state index is -0.655. The molecule has 1 N–H and O–H groups in total. The van der Waals surface area contributed by atoms with E-state index in [1.165, 1.54) is 0 Å². The van der Waals surface area contributed by atoms with E-state index in [2.05, 4.69) is 9.47 Å². The molecule has 0 saturated carbocycles. The number of rotatable bonds is 4. The van der Waals surface area contributed by atoms with Gasteiger partial charge in [-0.2, -0.15) is 0 Å². The maximum absolute atomic E-state index is 10.5. The molecule has 10 heavy (non-hydrogen) atoms. The highest BCUT2D eigenvalue weighted by atomic mass is 16.7. The topological polar surface area (TPSA) is 55.8 Å². The van der Waals surface area contributed by atoms with Gasteiger partial charge < -0.3 is 14.6 Å². The summed E-state index contributed by atoms with van der Waals surface area (Å²) in [7, 11) is 0. The third-order valence-corrected chi connectivity index (χ3v) is 0.895. The van der Waals surface area contributed by atoms with Gasteiger partial charge in [-0.3, -0.25) is 4.79 Å². The highest BCUT2D eigenvalue weighted by molar-refractivity contribution is 5.68. The Morgan fingerprint density at radius 1 is 1.70 bits per heavy atom. The fourth-order valence-electron chi connectivity index (χ4n) is 0.407. The fraction of sp³-hybridized carbons (Fsp3) is 0.833. The lowest BCUT2D eigenvalue weighted by Crippen LogP contribution is -2.17. The Morgan fingerprint density at radius 3 is 2.70 bits per heavy atom. The minimum absolute atomic E-state index is 0.319. The zero-order chi connectivity index (χ0) is 7.98. The van der Waals surface area contributed by atoms with Gasteiger partial charge in [-0.25, -0.2) is 0 Å². The van der Waals surface area contributed by atoms with E-state index in [4.69, 9.17) is 5.11 Å². The van der Waals surface area contributed by atoms with E-state index in [1.807, 2.05) is 0 Å². The first-order valence-electron chi connectivity index (χ1n) is 3.12. The number of hydrogen-bond acceptors (Lipinski definition) is 4. The lowest BCUT2D eigenvalue weighted by molar-refractivity contribution is -0.188. The monoisotopic (exact) mass is 148 g/mol. The van der Waals surface area contributed by atoms with Crippen LogP contribution in [-0.4, -0.2) is 24.2 Å². The molecule has 0 aromatic rings. The molecule has 0 aromatic heterocycles. The van der Waals surface area contributed by atoms with Gasteiger partial charge in [-0.05, 0) is 6.92 Å². The molecule has 0 aliphatic carbocycles. The van der Waals surface area contributed by atoms with Crippen LogP contribution < -0.4 is 0 Å². The SMILES string of the molecule is CCC(=O)OC(C)OCO. The lowest BCUT2D eigenvalue weighted by Gasteiger charge is -2.10. The number of esters is 1. The number of aliphatic hydroxyl groups excluding tert-OH is 1. The van der Waals surface area contributed by atoms with Crippen LogP contribution in [0, 0.1) is 0 Å². The van der Waals surface area contributed by atoms with E-state index in [0.717, 1.165) is 0 Å². The van der Waals surface area contributed by atoms with Gasteiger partial charge in [-0.15, -0.1) is 0 Å². The van der Waals surface area contributed by atoms with Crippen molar-refractivity contribution in [3.05, 3.63) is 0 Å². The van der Waals surface area contributed by atoms with Gasteiger partial charge in [0.15, 0.2) is 0 Å². The number of hydrogen-bond donors (Lipinski definition) is 1. The van der Waals surface area contributed by atoms with Crippen molar-refractivity contribution in [1.82, 2.24) is 0 Å². The summed E-state index contributed by atoms with van der Waals surface area (Å²) in [4.78, 5) is 10.5. The Morgan fingerprint density at radius 2 is 2.30 bits per heavy atom. The molecule has 4 nitrogen and oxygen atoms in total. The first-order chi connectivity index (χ1) is 4.70. The molecule has 0 fully saturated rings. The van der Waals surface area contributed by atoms with Crippen LogP contribution in [0.15, 0.2) is 0 Å². The molecule has 0 spiro atoms. The Bertz CT molecular complexity index is 102. The Balaban J connectivity index is 3.37. The summed E-state index contributed by atoms with van der Waals surface area (Å²) >= 11 is 0. The van der Waals surface area contributed by atoms with Crippen molar-refractivity contribution < 1.29 is 19.4 Å². The van der Waals surface area contributed by atoms with Crippen LogP contribution in [0.4, 0.5) is 0 Å². The average molecular weight is 148 g/mol. The largest absolute Gasteiger partial charge is 0.436 e. The van der Waals surface area contributed by atoms with Gasteiger partial charge in [0, 0.05) is 6.42 Å². The summed E-state index contributed by atoms with van der Waals surface area (Å²) in [5.41, 5.74) is 0. The number of carbonyl (C=O) groups is 1. The molecule has 0 aromatic carbocycles. The van der Waals surface area contributed by atoms with Gasteiger partial charge in [0.1, 0.15) is 6.79 Å². The van der Waals surface area contributed by atoms with Crippen molar-refractivity contribution in [1.29, 1.82) is 0 Å². The normalized spacial score (nSPS) is 12.7. The molecule has 0 amide bonds. The van der Waals surface area contributed by atoms with Crippen LogP contribution in [0.25, 0.3) is 0 Å². The van der Waals surface area contributed by atoms with Crippen molar-refractivity contribution in [3.63, 3.8) is 0 Å². The van der Waals surface area contributed by atoms with Crippen LogP contribution in [0.3, 0.4) is 0 Å². The van der Waals surface area contributed by atoms with E-state index in [0.29, 0.717) is 6.42 Å². The standard InChI is InChI=1S/C6H12O4/c1-3-6(8)10-5(2)9-4-7/h5,7H,3-4H2,1-2H3. The van der Waals surface area contributed by atoms with Gasteiger partial charge >= 0.3 is 5.97 Å². The second-order valence-corrected chi connectivity index (χ2v) is 1.71. The molecule has 0 aliphatic heterocycles. The summed E-state index contributed by atoms with van der Waals surface area (Å²) in [5, 5.41) is 8.21. The molecule has 60 valence electrons. The molecule has 0 bridgehead atoms. The first-order valence-corrected chi connectivity index (χ1v) is 3.12. The summed E-state index contributed by atoms with van der Waals surface area (Å²) in [6, 6.07) is 0. The Labute approximate surface area is 59.7 Å². The van der Waals surface area contributed by atoms with E-state index in [1.54, 1.807) is 13.8 Å². The third kappa shape index (κ3) is 4.29. The van der Waals surface area contributed by atoms with E-state index in [-0.39, 0.29) is 5.97 Å². The second-order valence-electron chi connectivity index (χ2n) is 1.71. The smallest absolute Gasteiger partial charge is 0.307 e. The van der Waals surface area contributed by atoms with E-state index < -0.39 is 13.1 Å². The van der Waals surface area contributed by atoms with Crippen LogP contribution in [0.2, 0.25) is 0 Å². The van der Waals surface area contributed by atoms with Crippen LogP contribution in [0.1, 0.15) is 20.3 Å². The zero-order valence-electron chi connectivity index (χ0n) is 6.16. The Kier molecular flexibility index (Phi) is 4.88. The maximum Gasteiger partial charge on any atom is 0.307 e. The molecule has 4 heteroatoms. The van der Waals surface area contributed by atoms with Crippen molar-refractivity contribution in [2.24, 2.45) is 0 Å². The summed E-state index contributed by atoms with van der Waals surface area (Å²) in [6.45, 7) is 2.80. The molecule has 1 unspecified atom stereocenters. The van der Waals surface area contributed by atoms with Crippen LogP contribution in [-0.2, 0) is 14.3 Å². The minimum Gasteiger partial charge on any atom is -0.436 e. The summed E-state index contributed by atoms with van der Waals surface area (Å²) < 4.78 is 9.15. The maximum atomic E-state index is 10.5. The predicted molar refractivity (Wildman–Crippen MR) is 34.0 cm³/mol. The number of aliphatic hydroxyl groups is 1. The average Bonchev–Trinajstić information content (AvgIpc) is 1.88. The van der Waals surface area contributed by atoms with Gasteiger partial charge in [-0.1, -0.05) is 6.92 Å². The molecular weight excluding hydrogens is 136 g/mol.